The van der Waals surface area contributed by atoms with Crippen LogP contribution in [0.5, 0.6) is 0 Å². The molecule has 2 aliphatic rings. The number of amides is 2. The average Bonchev–Trinajstić information content (AvgIpc) is 2.63. The normalized spacial score (nSPS) is 25.4. The molecule has 2 aliphatic heterocycles. The quantitative estimate of drug-likeness (QED) is 0.832. The topological polar surface area (TPSA) is 70.1 Å². The number of carbonyl (C=O) groups is 2. The number of hydrogen-bond donors (Lipinski definition) is 1. The zero-order valence-corrected chi connectivity index (χ0v) is 12.1. The smallest absolute Gasteiger partial charge is 0.320 e. The van der Waals surface area contributed by atoms with Gasteiger partial charge in [-0.3, -0.25) is 4.79 Å². The molecule has 0 aliphatic carbocycles. The third-order valence-electron chi connectivity index (χ3n) is 4.07. The van der Waals surface area contributed by atoms with E-state index in [1.54, 1.807) is 0 Å². The molecule has 1 N–H and O–H groups in total. The number of hydrogen-bond acceptors (Lipinski definition) is 3. The highest BCUT2D eigenvalue weighted by atomic mass is 16.5. The van der Waals surface area contributed by atoms with Gasteiger partial charge in [-0.25, -0.2) is 4.79 Å². The Morgan fingerprint density at radius 3 is 2.55 bits per heavy atom. The molecule has 0 radical (unpaired) electrons. The minimum atomic E-state index is -0.742. The molecule has 0 spiro atoms. The Morgan fingerprint density at radius 1 is 1.20 bits per heavy atom. The Hall–Kier alpha value is -1.30. The molecule has 0 aromatic heterocycles. The number of urea groups is 1. The molecule has 2 amide bonds. The molecule has 0 aromatic rings. The van der Waals surface area contributed by atoms with Gasteiger partial charge in [0.05, 0.1) is 6.10 Å². The van der Waals surface area contributed by atoms with Crippen LogP contribution in [0.3, 0.4) is 0 Å². The van der Waals surface area contributed by atoms with E-state index >= 15 is 0 Å². The summed E-state index contributed by atoms with van der Waals surface area (Å²) in [6.45, 7) is 5.44. The molecule has 6 heteroatoms. The second-order valence-corrected chi connectivity index (χ2v) is 5.79. The molecule has 6 nitrogen and oxygen atoms in total. The molecule has 20 heavy (non-hydrogen) atoms. The molecule has 114 valence electrons. The van der Waals surface area contributed by atoms with Gasteiger partial charge >= 0.3 is 12.0 Å². The summed E-state index contributed by atoms with van der Waals surface area (Å²) in [4.78, 5) is 26.9. The van der Waals surface area contributed by atoms with Crippen molar-refractivity contribution in [3.63, 3.8) is 0 Å². The highest BCUT2D eigenvalue weighted by molar-refractivity contribution is 5.74. The standard InChI is InChI=1S/C14H24N2O4/c1-11-10-16(5-2-8-20-11)14(19)15-6-3-12(4-7-15)9-13(17)18/h11-12H,2-10H2,1H3,(H,17,18). The van der Waals surface area contributed by atoms with Crippen molar-refractivity contribution in [3.8, 4) is 0 Å². The van der Waals surface area contributed by atoms with Gasteiger partial charge in [-0.05, 0) is 32.1 Å². The summed E-state index contributed by atoms with van der Waals surface area (Å²) in [6.07, 6.45) is 2.77. The Morgan fingerprint density at radius 2 is 1.90 bits per heavy atom. The van der Waals surface area contributed by atoms with Crippen LogP contribution in [0.4, 0.5) is 4.79 Å². The third kappa shape index (κ3) is 4.10. The monoisotopic (exact) mass is 284 g/mol. The van der Waals surface area contributed by atoms with E-state index in [0.29, 0.717) is 26.2 Å². The molecule has 0 bridgehead atoms. The number of rotatable bonds is 2. The summed E-state index contributed by atoms with van der Waals surface area (Å²) in [5.74, 6) is -0.531. The number of likely N-dealkylation sites (tertiary alicyclic amines) is 1. The first-order valence-corrected chi connectivity index (χ1v) is 7.43. The number of carboxylic acid groups (broad SMARTS) is 1. The lowest BCUT2D eigenvalue weighted by molar-refractivity contribution is -0.138. The maximum absolute atomic E-state index is 12.5. The largest absolute Gasteiger partial charge is 0.481 e. The van der Waals surface area contributed by atoms with E-state index in [1.165, 1.54) is 0 Å². The lowest BCUT2D eigenvalue weighted by atomic mass is 9.94. The van der Waals surface area contributed by atoms with Gasteiger partial charge in [0, 0.05) is 39.2 Å². The Balaban J connectivity index is 1.83. The first-order chi connectivity index (χ1) is 9.56. The van der Waals surface area contributed by atoms with Crippen molar-refractivity contribution in [2.45, 2.75) is 38.7 Å². The predicted molar refractivity (Wildman–Crippen MR) is 73.5 cm³/mol. The number of ether oxygens (including phenoxy) is 1. The predicted octanol–water partition coefficient (Wildman–Crippen LogP) is 1.40. The van der Waals surface area contributed by atoms with Gasteiger partial charge in [0.1, 0.15) is 0 Å². The highest BCUT2D eigenvalue weighted by Crippen LogP contribution is 2.21. The van der Waals surface area contributed by atoms with Gasteiger partial charge in [-0.1, -0.05) is 0 Å². The van der Waals surface area contributed by atoms with Gasteiger partial charge in [0.2, 0.25) is 0 Å². The fourth-order valence-corrected chi connectivity index (χ4v) is 2.94. The van der Waals surface area contributed by atoms with Crippen LogP contribution in [-0.4, -0.2) is 65.8 Å². The summed E-state index contributed by atoms with van der Waals surface area (Å²) in [5, 5.41) is 8.80. The molecule has 0 saturated carbocycles. The number of nitrogens with zero attached hydrogens (tertiary/aromatic N) is 2. The lowest BCUT2D eigenvalue weighted by Gasteiger charge is -2.35. The Labute approximate surface area is 119 Å². The summed E-state index contributed by atoms with van der Waals surface area (Å²) in [6, 6.07) is 0.0797. The second-order valence-electron chi connectivity index (χ2n) is 5.79. The van der Waals surface area contributed by atoms with Crippen LogP contribution in [0.15, 0.2) is 0 Å². The van der Waals surface area contributed by atoms with Crippen LogP contribution in [0.2, 0.25) is 0 Å². The summed E-state index contributed by atoms with van der Waals surface area (Å²) >= 11 is 0. The van der Waals surface area contributed by atoms with Crippen LogP contribution < -0.4 is 0 Å². The van der Waals surface area contributed by atoms with Crippen molar-refractivity contribution >= 4 is 12.0 Å². The minimum Gasteiger partial charge on any atom is -0.481 e. The van der Waals surface area contributed by atoms with Crippen LogP contribution in [0.25, 0.3) is 0 Å². The summed E-state index contributed by atoms with van der Waals surface area (Å²) < 4.78 is 5.55. The molecule has 2 rings (SSSR count). The highest BCUT2D eigenvalue weighted by Gasteiger charge is 2.28. The van der Waals surface area contributed by atoms with E-state index < -0.39 is 5.97 Å². The van der Waals surface area contributed by atoms with E-state index in [2.05, 4.69) is 0 Å². The van der Waals surface area contributed by atoms with Crippen LogP contribution in [0.1, 0.15) is 32.6 Å². The maximum Gasteiger partial charge on any atom is 0.320 e. The van der Waals surface area contributed by atoms with Gasteiger partial charge in [-0.15, -0.1) is 0 Å². The second kappa shape index (κ2) is 6.92. The van der Waals surface area contributed by atoms with Crippen molar-refractivity contribution < 1.29 is 19.4 Å². The van der Waals surface area contributed by atoms with E-state index in [0.717, 1.165) is 25.8 Å². The van der Waals surface area contributed by atoms with Crippen molar-refractivity contribution in [2.75, 3.05) is 32.8 Å². The first kappa shape index (κ1) is 15.1. The number of carboxylic acids is 1. The van der Waals surface area contributed by atoms with E-state index in [-0.39, 0.29) is 24.5 Å². The molecule has 1 unspecified atom stereocenters. The number of carbonyl (C=O) groups excluding carboxylic acids is 1. The molecule has 1 atom stereocenters. The van der Waals surface area contributed by atoms with Crippen LogP contribution in [-0.2, 0) is 9.53 Å². The zero-order valence-electron chi connectivity index (χ0n) is 12.1. The molecule has 2 fully saturated rings. The van der Waals surface area contributed by atoms with Crippen molar-refractivity contribution in [2.24, 2.45) is 5.92 Å². The van der Waals surface area contributed by atoms with Crippen molar-refractivity contribution in [1.82, 2.24) is 9.80 Å². The zero-order chi connectivity index (χ0) is 14.5. The van der Waals surface area contributed by atoms with Gasteiger partial charge in [0.15, 0.2) is 0 Å². The van der Waals surface area contributed by atoms with Crippen molar-refractivity contribution in [3.05, 3.63) is 0 Å². The van der Waals surface area contributed by atoms with E-state index in [9.17, 15) is 9.59 Å². The van der Waals surface area contributed by atoms with E-state index in [4.69, 9.17) is 9.84 Å². The SMILES string of the molecule is CC1CN(C(=O)N2CCC(CC(=O)O)CC2)CCCO1. The van der Waals surface area contributed by atoms with Gasteiger partial charge in [0.25, 0.3) is 0 Å². The third-order valence-corrected chi connectivity index (χ3v) is 4.07. The maximum atomic E-state index is 12.5. The number of aliphatic carboxylic acids is 1. The molecular weight excluding hydrogens is 260 g/mol. The number of piperidine rings is 1. The fourth-order valence-electron chi connectivity index (χ4n) is 2.94. The molecular formula is C14H24N2O4. The van der Waals surface area contributed by atoms with E-state index in [1.807, 2.05) is 16.7 Å². The average molecular weight is 284 g/mol. The van der Waals surface area contributed by atoms with Gasteiger partial charge in [-0.2, -0.15) is 0 Å². The van der Waals surface area contributed by atoms with Crippen LogP contribution >= 0.6 is 0 Å². The first-order valence-electron chi connectivity index (χ1n) is 7.43. The lowest BCUT2D eigenvalue weighted by Crippen LogP contribution is -2.48. The molecule has 0 aromatic carbocycles. The summed E-state index contributed by atoms with van der Waals surface area (Å²) in [7, 11) is 0. The molecule has 2 saturated heterocycles. The van der Waals surface area contributed by atoms with Gasteiger partial charge < -0.3 is 19.6 Å². The minimum absolute atomic E-state index is 0.0797. The molecule has 2 heterocycles. The Bertz CT molecular complexity index is 353. The van der Waals surface area contributed by atoms with Crippen molar-refractivity contribution in [1.29, 1.82) is 0 Å². The Kier molecular flexibility index (Phi) is 5.23. The van der Waals surface area contributed by atoms with Crippen LogP contribution in [0, 0.1) is 5.92 Å². The summed E-state index contributed by atoms with van der Waals surface area (Å²) in [5.41, 5.74) is 0. The fraction of sp³-hybridized carbons (Fsp3) is 0.857.